The van der Waals surface area contributed by atoms with Gasteiger partial charge in [0.2, 0.25) is 0 Å². The number of unbranched alkanes of at least 4 members (excludes halogenated alkanes) is 1. The SMILES string of the molecule is CCCCOC(=O)[C@@H](N)Cc1ccc(OC)c([N+](=O)[O-])c1. The van der Waals surface area contributed by atoms with E-state index in [1.54, 1.807) is 6.07 Å². The van der Waals surface area contributed by atoms with Crippen LogP contribution in [0.2, 0.25) is 0 Å². The van der Waals surface area contributed by atoms with Crippen LogP contribution in [0.5, 0.6) is 5.75 Å². The van der Waals surface area contributed by atoms with E-state index in [1.165, 1.54) is 19.2 Å². The molecule has 0 bridgehead atoms. The first-order chi connectivity index (χ1) is 9.99. The lowest BCUT2D eigenvalue weighted by Gasteiger charge is -2.12. The minimum absolute atomic E-state index is 0.151. The van der Waals surface area contributed by atoms with Crippen LogP contribution in [0.25, 0.3) is 0 Å². The highest BCUT2D eigenvalue weighted by atomic mass is 16.6. The third-order valence-electron chi connectivity index (χ3n) is 2.94. The zero-order valence-electron chi connectivity index (χ0n) is 12.2. The van der Waals surface area contributed by atoms with Gasteiger partial charge >= 0.3 is 11.7 Å². The number of carbonyl (C=O) groups excluding carboxylic acids is 1. The lowest BCUT2D eigenvalue weighted by molar-refractivity contribution is -0.385. The van der Waals surface area contributed by atoms with Gasteiger partial charge in [-0.1, -0.05) is 19.4 Å². The first-order valence-corrected chi connectivity index (χ1v) is 6.73. The summed E-state index contributed by atoms with van der Waals surface area (Å²) in [5, 5.41) is 10.9. The minimum atomic E-state index is -0.838. The van der Waals surface area contributed by atoms with Crippen LogP contribution in [0, 0.1) is 10.1 Å². The highest BCUT2D eigenvalue weighted by Crippen LogP contribution is 2.27. The molecule has 0 fully saturated rings. The molecule has 0 amide bonds. The number of nitro groups is 1. The number of rotatable bonds is 8. The summed E-state index contributed by atoms with van der Waals surface area (Å²) < 4.78 is 9.93. The Morgan fingerprint density at radius 1 is 1.48 bits per heavy atom. The van der Waals surface area contributed by atoms with E-state index in [1.807, 2.05) is 6.92 Å². The Morgan fingerprint density at radius 3 is 2.76 bits per heavy atom. The van der Waals surface area contributed by atoms with Gasteiger partial charge in [-0.3, -0.25) is 14.9 Å². The molecule has 1 rings (SSSR count). The molecule has 0 aliphatic carbocycles. The molecule has 7 heteroatoms. The fourth-order valence-electron chi connectivity index (χ4n) is 1.77. The maximum absolute atomic E-state index is 11.7. The van der Waals surface area contributed by atoms with E-state index >= 15 is 0 Å². The van der Waals surface area contributed by atoms with Gasteiger partial charge in [-0.15, -0.1) is 0 Å². The zero-order valence-corrected chi connectivity index (χ0v) is 12.2. The largest absolute Gasteiger partial charge is 0.490 e. The lowest BCUT2D eigenvalue weighted by Crippen LogP contribution is -2.34. The number of ether oxygens (including phenoxy) is 2. The number of carbonyl (C=O) groups is 1. The molecule has 1 atom stereocenters. The molecule has 116 valence electrons. The highest BCUT2D eigenvalue weighted by molar-refractivity contribution is 5.76. The molecule has 21 heavy (non-hydrogen) atoms. The van der Waals surface area contributed by atoms with Crippen molar-refractivity contribution in [1.29, 1.82) is 0 Å². The smallest absolute Gasteiger partial charge is 0.323 e. The molecular formula is C14H20N2O5. The summed E-state index contributed by atoms with van der Waals surface area (Å²) in [4.78, 5) is 22.1. The van der Waals surface area contributed by atoms with Crippen molar-refractivity contribution in [3.8, 4) is 5.75 Å². The van der Waals surface area contributed by atoms with E-state index in [2.05, 4.69) is 0 Å². The number of benzene rings is 1. The van der Waals surface area contributed by atoms with E-state index in [9.17, 15) is 14.9 Å². The Bertz CT molecular complexity index is 504. The number of hydrogen-bond acceptors (Lipinski definition) is 6. The van der Waals surface area contributed by atoms with Gasteiger partial charge in [-0.2, -0.15) is 0 Å². The van der Waals surface area contributed by atoms with Crippen LogP contribution >= 0.6 is 0 Å². The molecule has 0 aliphatic heterocycles. The van der Waals surface area contributed by atoms with Crippen LogP contribution in [-0.4, -0.2) is 30.7 Å². The van der Waals surface area contributed by atoms with Gasteiger partial charge in [0.05, 0.1) is 18.6 Å². The summed E-state index contributed by atoms with van der Waals surface area (Å²) in [6, 6.07) is 3.65. The van der Waals surface area contributed by atoms with Gasteiger partial charge in [0.25, 0.3) is 0 Å². The second kappa shape index (κ2) is 8.21. The third kappa shape index (κ3) is 5.03. The number of nitrogens with two attached hydrogens (primary N) is 1. The van der Waals surface area contributed by atoms with Crippen LogP contribution in [0.15, 0.2) is 18.2 Å². The van der Waals surface area contributed by atoms with Gasteiger partial charge in [-0.25, -0.2) is 0 Å². The van der Waals surface area contributed by atoms with Crippen LogP contribution in [-0.2, 0) is 16.0 Å². The number of methoxy groups -OCH3 is 1. The summed E-state index contributed by atoms with van der Waals surface area (Å²) in [5.41, 5.74) is 6.19. The number of esters is 1. The first kappa shape index (κ1) is 16.9. The van der Waals surface area contributed by atoms with Crippen LogP contribution in [0.4, 0.5) is 5.69 Å². The second-order valence-electron chi connectivity index (χ2n) is 4.59. The number of nitrogens with zero attached hydrogens (tertiary/aromatic N) is 1. The maximum atomic E-state index is 11.7. The molecule has 0 saturated heterocycles. The van der Waals surface area contributed by atoms with E-state index < -0.39 is 16.9 Å². The summed E-state index contributed by atoms with van der Waals surface area (Å²) >= 11 is 0. The van der Waals surface area contributed by atoms with Crippen molar-refractivity contribution < 1.29 is 19.2 Å². The highest BCUT2D eigenvalue weighted by Gasteiger charge is 2.19. The summed E-state index contributed by atoms with van der Waals surface area (Å²) in [6.07, 6.45) is 1.88. The zero-order chi connectivity index (χ0) is 15.8. The van der Waals surface area contributed by atoms with E-state index in [-0.39, 0.29) is 17.9 Å². The maximum Gasteiger partial charge on any atom is 0.323 e. The molecular weight excluding hydrogens is 276 g/mol. The molecule has 1 aromatic rings. The lowest BCUT2D eigenvalue weighted by atomic mass is 10.1. The quantitative estimate of drug-likeness (QED) is 0.339. The first-order valence-electron chi connectivity index (χ1n) is 6.73. The van der Waals surface area contributed by atoms with Crippen molar-refractivity contribution in [3.63, 3.8) is 0 Å². The number of nitro benzene ring substituents is 1. The topological polar surface area (TPSA) is 105 Å². The summed E-state index contributed by atoms with van der Waals surface area (Å²) in [6.45, 7) is 2.33. The van der Waals surface area contributed by atoms with Crippen LogP contribution in [0.3, 0.4) is 0 Å². The monoisotopic (exact) mass is 296 g/mol. The predicted molar refractivity (Wildman–Crippen MR) is 77.2 cm³/mol. The van der Waals surface area contributed by atoms with Crippen LogP contribution < -0.4 is 10.5 Å². The van der Waals surface area contributed by atoms with Crippen molar-refractivity contribution in [3.05, 3.63) is 33.9 Å². The summed E-state index contributed by atoms with van der Waals surface area (Å²) in [5.74, 6) is -0.329. The molecule has 7 nitrogen and oxygen atoms in total. The molecule has 0 spiro atoms. The van der Waals surface area contributed by atoms with Gasteiger partial charge in [0.15, 0.2) is 5.75 Å². The van der Waals surface area contributed by atoms with E-state index in [0.717, 1.165) is 12.8 Å². The Balaban J connectivity index is 2.72. The Kier molecular flexibility index (Phi) is 6.61. The molecule has 0 radical (unpaired) electrons. The molecule has 0 aromatic heterocycles. The summed E-state index contributed by atoms with van der Waals surface area (Å²) in [7, 11) is 1.36. The molecule has 0 saturated carbocycles. The van der Waals surface area contributed by atoms with Gasteiger partial charge in [-0.05, 0) is 24.5 Å². The van der Waals surface area contributed by atoms with Crippen molar-refractivity contribution in [2.24, 2.45) is 5.73 Å². The second-order valence-corrected chi connectivity index (χ2v) is 4.59. The third-order valence-corrected chi connectivity index (χ3v) is 2.94. The fraction of sp³-hybridized carbons (Fsp3) is 0.500. The molecule has 2 N–H and O–H groups in total. The predicted octanol–water partition coefficient (Wildman–Crippen LogP) is 1.82. The van der Waals surface area contributed by atoms with Crippen molar-refractivity contribution in [1.82, 2.24) is 0 Å². The average molecular weight is 296 g/mol. The standard InChI is InChI=1S/C14H20N2O5/c1-3-4-7-21-14(17)11(15)8-10-5-6-13(20-2)12(9-10)16(18)19/h5-6,9,11H,3-4,7-8,15H2,1-2H3/t11-/m0/s1. The fourth-order valence-corrected chi connectivity index (χ4v) is 1.77. The Labute approximate surface area is 123 Å². The molecule has 0 aliphatic rings. The molecule has 1 aromatic carbocycles. The molecule has 0 unspecified atom stereocenters. The van der Waals surface area contributed by atoms with Gasteiger partial charge in [0, 0.05) is 6.07 Å². The van der Waals surface area contributed by atoms with Crippen molar-refractivity contribution >= 4 is 11.7 Å². The average Bonchev–Trinajstić information content (AvgIpc) is 2.47. The van der Waals surface area contributed by atoms with Crippen molar-refractivity contribution in [2.75, 3.05) is 13.7 Å². The van der Waals surface area contributed by atoms with Gasteiger partial charge < -0.3 is 15.2 Å². The molecule has 0 heterocycles. The Hall–Kier alpha value is -2.15. The van der Waals surface area contributed by atoms with Crippen LogP contribution in [0.1, 0.15) is 25.3 Å². The Morgan fingerprint density at radius 2 is 2.19 bits per heavy atom. The van der Waals surface area contributed by atoms with E-state index in [0.29, 0.717) is 12.2 Å². The minimum Gasteiger partial charge on any atom is -0.490 e. The van der Waals surface area contributed by atoms with Crippen molar-refractivity contribution in [2.45, 2.75) is 32.2 Å². The number of hydrogen-bond donors (Lipinski definition) is 1. The van der Waals surface area contributed by atoms with E-state index in [4.69, 9.17) is 15.2 Å². The van der Waals surface area contributed by atoms with Gasteiger partial charge in [0.1, 0.15) is 6.04 Å². The normalized spacial score (nSPS) is 11.8.